The summed E-state index contributed by atoms with van der Waals surface area (Å²) in [5.41, 5.74) is 1.01. The Labute approximate surface area is 163 Å². The molecule has 27 heavy (non-hydrogen) atoms. The van der Waals surface area contributed by atoms with E-state index in [4.69, 9.17) is 9.72 Å². The molecule has 9 heteroatoms. The molecule has 4 heterocycles. The van der Waals surface area contributed by atoms with Gasteiger partial charge in [-0.05, 0) is 26.3 Å². The van der Waals surface area contributed by atoms with Crippen molar-refractivity contribution in [3.8, 4) is 0 Å². The first-order valence-corrected chi connectivity index (χ1v) is 10.4. The number of nitrogens with zero attached hydrogens (tertiary/aromatic N) is 4. The molecule has 0 amide bonds. The predicted octanol–water partition coefficient (Wildman–Crippen LogP) is 1.98. The summed E-state index contributed by atoms with van der Waals surface area (Å²) in [6.45, 7) is 8.34. The van der Waals surface area contributed by atoms with E-state index in [-0.39, 0.29) is 0 Å². The zero-order chi connectivity index (χ0) is 18.5. The van der Waals surface area contributed by atoms with E-state index in [0.29, 0.717) is 12.0 Å². The maximum Gasteiger partial charge on any atom is 0.225 e. The van der Waals surface area contributed by atoms with E-state index in [9.17, 15) is 0 Å². The van der Waals surface area contributed by atoms with Crippen molar-refractivity contribution in [3.63, 3.8) is 0 Å². The van der Waals surface area contributed by atoms with Gasteiger partial charge in [0.05, 0.1) is 18.9 Å². The zero-order valence-electron chi connectivity index (χ0n) is 15.7. The topological polar surface area (TPSA) is 87.2 Å². The van der Waals surface area contributed by atoms with Crippen LogP contribution in [0.3, 0.4) is 0 Å². The van der Waals surface area contributed by atoms with Crippen LogP contribution >= 0.6 is 11.3 Å². The van der Waals surface area contributed by atoms with Crippen LogP contribution in [0, 0.1) is 6.92 Å². The molecular weight excluding hydrogens is 362 g/mol. The molecule has 2 fully saturated rings. The quantitative estimate of drug-likeness (QED) is 0.691. The molecule has 0 bridgehead atoms. The number of hydrogen-bond acceptors (Lipinski definition) is 9. The van der Waals surface area contributed by atoms with E-state index >= 15 is 0 Å². The third-order valence-electron chi connectivity index (χ3n) is 4.75. The van der Waals surface area contributed by atoms with E-state index < -0.39 is 0 Å². The molecule has 8 nitrogen and oxygen atoms in total. The van der Waals surface area contributed by atoms with Gasteiger partial charge in [-0.15, -0.1) is 11.3 Å². The number of thiazole rings is 1. The molecule has 2 aromatic heterocycles. The lowest BCUT2D eigenvalue weighted by Gasteiger charge is -2.27. The summed E-state index contributed by atoms with van der Waals surface area (Å²) in [5, 5.41) is 11.1. The molecule has 0 aromatic carbocycles. The largest absolute Gasteiger partial charge is 0.379 e. The smallest absolute Gasteiger partial charge is 0.225 e. The number of nitrogens with one attached hydrogen (secondary N) is 3. The minimum atomic E-state index is 0.368. The van der Waals surface area contributed by atoms with Crippen LogP contribution < -0.4 is 16.0 Å². The Morgan fingerprint density at radius 3 is 2.96 bits per heavy atom. The zero-order valence-corrected chi connectivity index (χ0v) is 16.5. The first-order chi connectivity index (χ1) is 13.2. The average Bonchev–Trinajstić information content (AvgIpc) is 3.08. The van der Waals surface area contributed by atoms with Crippen molar-refractivity contribution in [1.82, 2.24) is 25.2 Å². The molecular formula is C18H27N7OS. The number of hydrogen-bond donors (Lipinski definition) is 3. The molecule has 2 saturated heterocycles. The second-order valence-corrected chi connectivity index (χ2v) is 8.28. The Kier molecular flexibility index (Phi) is 6.13. The predicted molar refractivity (Wildman–Crippen MR) is 108 cm³/mol. The van der Waals surface area contributed by atoms with Gasteiger partial charge in [0.2, 0.25) is 5.95 Å². The third-order valence-corrected chi connectivity index (χ3v) is 5.58. The maximum atomic E-state index is 5.45. The second-order valence-electron chi connectivity index (χ2n) is 7.05. The van der Waals surface area contributed by atoms with Crippen LogP contribution in [0.25, 0.3) is 0 Å². The number of ether oxygens (including phenoxy) is 1. The van der Waals surface area contributed by atoms with Gasteiger partial charge in [-0.2, -0.15) is 4.98 Å². The van der Waals surface area contributed by atoms with Crippen molar-refractivity contribution in [3.05, 3.63) is 22.8 Å². The lowest BCUT2D eigenvalue weighted by Crippen LogP contribution is -2.39. The summed E-state index contributed by atoms with van der Waals surface area (Å²) in [4.78, 5) is 17.4. The summed E-state index contributed by atoms with van der Waals surface area (Å²) in [6.07, 6.45) is 4.18. The highest BCUT2D eigenvalue weighted by Crippen LogP contribution is 2.23. The van der Waals surface area contributed by atoms with Gasteiger partial charge in [-0.3, -0.25) is 4.90 Å². The Bertz CT molecular complexity index is 703. The molecule has 0 unspecified atom stereocenters. The fourth-order valence-electron chi connectivity index (χ4n) is 3.38. The second kappa shape index (κ2) is 8.92. The van der Waals surface area contributed by atoms with E-state index in [1.54, 1.807) is 11.3 Å². The van der Waals surface area contributed by atoms with Crippen LogP contribution in [0.2, 0.25) is 0 Å². The van der Waals surface area contributed by atoms with Crippen molar-refractivity contribution in [2.75, 3.05) is 50.0 Å². The monoisotopic (exact) mass is 389 g/mol. The third kappa shape index (κ3) is 5.35. The molecule has 0 spiro atoms. The molecule has 3 N–H and O–H groups in total. The number of aromatic nitrogens is 3. The minimum absolute atomic E-state index is 0.368. The molecule has 4 rings (SSSR count). The summed E-state index contributed by atoms with van der Waals surface area (Å²) in [5.74, 6) is 1.47. The SMILES string of the molecule is Cc1cnc(Nc2cc(CN3CCOCC3)nc(N[C@H]3CCCNC3)n2)s1. The van der Waals surface area contributed by atoms with E-state index in [1.165, 1.54) is 11.3 Å². The molecule has 2 aliphatic rings. The summed E-state index contributed by atoms with van der Waals surface area (Å²) in [7, 11) is 0. The van der Waals surface area contributed by atoms with E-state index in [1.807, 2.05) is 12.3 Å². The van der Waals surface area contributed by atoms with Crippen LogP contribution in [-0.4, -0.2) is 65.3 Å². The average molecular weight is 390 g/mol. The molecule has 1 atom stereocenters. The van der Waals surface area contributed by atoms with Crippen LogP contribution in [0.4, 0.5) is 16.9 Å². The van der Waals surface area contributed by atoms with Gasteiger partial charge in [0.15, 0.2) is 5.13 Å². The summed E-state index contributed by atoms with van der Waals surface area (Å²) >= 11 is 1.63. The standard InChI is InChI=1S/C18H27N7OS/c1-13-10-20-18(27-13)24-16-9-15(12-25-5-7-26-8-6-25)22-17(23-16)21-14-3-2-4-19-11-14/h9-10,14,19H,2-8,11-12H2,1H3,(H2,20,21,22,23,24)/t14-/m0/s1. The highest BCUT2D eigenvalue weighted by molar-refractivity contribution is 7.15. The molecule has 0 saturated carbocycles. The van der Waals surface area contributed by atoms with Gasteiger partial charge in [-0.1, -0.05) is 0 Å². The van der Waals surface area contributed by atoms with Crippen LogP contribution in [0.15, 0.2) is 12.3 Å². The minimum Gasteiger partial charge on any atom is -0.379 e. The van der Waals surface area contributed by atoms with Gasteiger partial charge in [-0.25, -0.2) is 9.97 Å². The van der Waals surface area contributed by atoms with E-state index in [2.05, 4.69) is 37.7 Å². The van der Waals surface area contributed by atoms with Crippen LogP contribution in [0.1, 0.15) is 23.4 Å². The van der Waals surface area contributed by atoms with Gasteiger partial charge in [0, 0.05) is 49.4 Å². The van der Waals surface area contributed by atoms with Gasteiger partial charge in [0.1, 0.15) is 5.82 Å². The maximum absolute atomic E-state index is 5.45. The molecule has 2 aliphatic heterocycles. The lowest BCUT2D eigenvalue weighted by atomic mass is 10.1. The highest BCUT2D eigenvalue weighted by Gasteiger charge is 2.17. The van der Waals surface area contributed by atoms with Crippen LogP contribution in [-0.2, 0) is 11.3 Å². The Hall–Kier alpha value is -1.81. The summed E-state index contributed by atoms with van der Waals surface area (Å²) < 4.78 is 5.45. The fraction of sp³-hybridized carbons (Fsp3) is 0.611. The van der Waals surface area contributed by atoms with Gasteiger partial charge < -0.3 is 20.7 Å². The first-order valence-electron chi connectivity index (χ1n) is 9.59. The first kappa shape index (κ1) is 18.5. The molecule has 2 aromatic rings. The highest BCUT2D eigenvalue weighted by atomic mass is 32.1. The lowest BCUT2D eigenvalue weighted by molar-refractivity contribution is 0.0336. The number of rotatable bonds is 6. The Balaban J connectivity index is 1.52. The van der Waals surface area contributed by atoms with Crippen molar-refractivity contribution in [2.45, 2.75) is 32.4 Å². The normalized spacial score (nSPS) is 21.1. The fourth-order valence-corrected chi connectivity index (χ4v) is 4.05. The van der Waals surface area contributed by atoms with E-state index in [0.717, 1.165) is 69.0 Å². The van der Waals surface area contributed by atoms with Crippen LogP contribution in [0.5, 0.6) is 0 Å². The number of anilines is 3. The van der Waals surface area contributed by atoms with Crippen molar-refractivity contribution in [2.24, 2.45) is 0 Å². The van der Waals surface area contributed by atoms with Gasteiger partial charge >= 0.3 is 0 Å². The van der Waals surface area contributed by atoms with Crippen molar-refractivity contribution >= 4 is 28.2 Å². The molecule has 0 radical (unpaired) electrons. The molecule has 146 valence electrons. The Morgan fingerprint density at radius 1 is 1.33 bits per heavy atom. The van der Waals surface area contributed by atoms with Crippen molar-refractivity contribution in [1.29, 1.82) is 0 Å². The van der Waals surface area contributed by atoms with Gasteiger partial charge in [0.25, 0.3) is 0 Å². The number of aryl methyl sites for hydroxylation is 1. The molecule has 0 aliphatic carbocycles. The summed E-state index contributed by atoms with van der Waals surface area (Å²) in [6, 6.07) is 2.39. The number of piperidine rings is 1. The number of morpholine rings is 1. The van der Waals surface area contributed by atoms with Crippen molar-refractivity contribution < 1.29 is 4.74 Å². The Morgan fingerprint density at radius 2 is 2.22 bits per heavy atom.